The van der Waals surface area contributed by atoms with Crippen molar-refractivity contribution in [3.63, 3.8) is 0 Å². The Morgan fingerprint density at radius 2 is 1.92 bits per heavy atom. The van der Waals surface area contributed by atoms with Gasteiger partial charge in [0.25, 0.3) is 4.60 Å². The van der Waals surface area contributed by atoms with Gasteiger partial charge in [0, 0.05) is 40.0 Å². The summed E-state index contributed by atoms with van der Waals surface area (Å²) in [6, 6.07) is 3.94. The molecule has 2 rings (SSSR count). The highest BCUT2D eigenvalue weighted by atomic mass is 79.9. The number of nitro benzene ring substituents is 1. The Bertz CT molecular complexity index is 980. The van der Waals surface area contributed by atoms with Crippen LogP contribution in [0.4, 0.5) is 5.69 Å². The minimum Gasteiger partial charge on any atom is -0.618 e. The fourth-order valence-electron chi connectivity index (χ4n) is 2.43. The highest BCUT2D eigenvalue weighted by Gasteiger charge is 2.22. The van der Waals surface area contributed by atoms with Crippen LogP contribution in [0.5, 0.6) is 11.5 Å². The molecule has 9 heteroatoms. The van der Waals surface area contributed by atoms with Crippen LogP contribution in [0.3, 0.4) is 0 Å². The van der Waals surface area contributed by atoms with E-state index in [1.165, 1.54) is 6.08 Å². The Kier molecular flexibility index (Phi) is 5.18. The van der Waals surface area contributed by atoms with Gasteiger partial charge in [0.1, 0.15) is 0 Å². The number of hydrogen-bond acceptors (Lipinski definition) is 6. The van der Waals surface area contributed by atoms with Gasteiger partial charge in [-0.2, -0.15) is 9.99 Å². The van der Waals surface area contributed by atoms with Crippen molar-refractivity contribution < 1.29 is 19.9 Å². The first-order valence-electron chi connectivity index (χ1n) is 7.31. The standard InChI is InChI=1S/C17H14BrN3O5/c1-8-9(2)13(17(18)20(24)10(8)3)4-12(7-19)11-5-14(21(25)26)16(23)15(22)6-11/h4-6,22-23H,1-3H3/b12-4-. The van der Waals surface area contributed by atoms with Gasteiger partial charge in [-0.1, -0.05) is 0 Å². The van der Waals surface area contributed by atoms with Gasteiger partial charge < -0.3 is 15.4 Å². The lowest BCUT2D eigenvalue weighted by atomic mass is 9.98. The van der Waals surface area contributed by atoms with Gasteiger partial charge in [0.15, 0.2) is 11.4 Å². The van der Waals surface area contributed by atoms with Crippen molar-refractivity contribution in [2.45, 2.75) is 20.8 Å². The third kappa shape index (κ3) is 3.19. The number of halogens is 1. The van der Waals surface area contributed by atoms with Gasteiger partial charge >= 0.3 is 5.69 Å². The molecule has 0 saturated heterocycles. The molecule has 0 atom stereocenters. The second-order valence-electron chi connectivity index (χ2n) is 5.62. The largest absolute Gasteiger partial charge is 0.618 e. The van der Waals surface area contributed by atoms with E-state index in [1.807, 2.05) is 6.07 Å². The first kappa shape index (κ1) is 19.2. The van der Waals surface area contributed by atoms with E-state index in [9.17, 15) is 30.8 Å². The number of pyridine rings is 1. The Balaban J connectivity index is 2.76. The number of rotatable bonds is 3. The molecular weight excluding hydrogens is 406 g/mol. The predicted octanol–water partition coefficient (Wildman–Crippen LogP) is 3.39. The summed E-state index contributed by atoms with van der Waals surface area (Å²) in [4.78, 5) is 10.1. The van der Waals surface area contributed by atoms with Crippen molar-refractivity contribution in [2.24, 2.45) is 0 Å². The molecule has 0 fully saturated rings. The van der Waals surface area contributed by atoms with E-state index in [4.69, 9.17) is 0 Å². The molecule has 1 heterocycles. The summed E-state index contributed by atoms with van der Waals surface area (Å²) in [5.41, 5.74) is 1.73. The number of phenols is 2. The molecular formula is C17H14BrN3O5. The summed E-state index contributed by atoms with van der Waals surface area (Å²) in [5, 5.41) is 52.0. The molecule has 2 N–H and O–H groups in total. The van der Waals surface area contributed by atoms with Crippen LogP contribution in [-0.4, -0.2) is 15.1 Å². The summed E-state index contributed by atoms with van der Waals surface area (Å²) in [6.45, 7) is 5.22. The second-order valence-corrected chi connectivity index (χ2v) is 6.38. The molecule has 1 aromatic heterocycles. The van der Waals surface area contributed by atoms with E-state index in [2.05, 4.69) is 15.9 Å². The van der Waals surface area contributed by atoms with Crippen LogP contribution in [0.15, 0.2) is 16.7 Å². The van der Waals surface area contributed by atoms with Crippen molar-refractivity contribution in [3.8, 4) is 17.6 Å². The predicted molar refractivity (Wildman–Crippen MR) is 97.2 cm³/mol. The Morgan fingerprint density at radius 3 is 2.46 bits per heavy atom. The Labute approximate surface area is 157 Å². The third-order valence-electron chi connectivity index (χ3n) is 4.20. The van der Waals surface area contributed by atoms with Crippen molar-refractivity contribution in [2.75, 3.05) is 0 Å². The van der Waals surface area contributed by atoms with Crippen molar-refractivity contribution >= 4 is 33.3 Å². The molecule has 0 unspecified atom stereocenters. The molecule has 0 radical (unpaired) electrons. The number of aromatic nitrogens is 1. The quantitative estimate of drug-likeness (QED) is 0.149. The fourth-order valence-corrected chi connectivity index (χ4v) is 3.11. The topological polar surface area (TPSA) is 134 Å². The van der Waals surface area contributed by atoms with Gasteiger partial charge in [-0.05, 0) is 31.6 Å². The van der Waals surface area contributed by atoms with Crippen LogP contribution in [0.1, 0.15) is 27.9 Å². The summed E-state index contributed by atoms with van der Waals surface area (Å²) >= 11 is 3.21. The maximum absolute atomic E-state index is 12.2. The van der Waals surface area contributed by atoms with Gasteiger partial charge in [-0.3, -0.25) is 10.1 Å². The van der Waals surface area contributed by atoms with E-state index in [0.717, 1.165) is 23.3 Å². The van der Waals surface area contributed by atoms with E-state index in [-0.39, 0.29) is 15.7 Å². The normalized spacial score (nSPS) is 11.3. The number of nitro groups is 1. The molecule has 0 aliphatic heterocycles. The Morgan fingerprint density at radius 1 is 1.31 bits per heavy atom. The smallest absolute Gasteiger partial charge is 0.315 e. The van der Waals surface area contributed by atoms with Crippen LogP contribution < -0.4 is 4.73 Å². The Hall–Kier alpha value is -3.12. The summed E-state index contributed by atoms with van der Waals surface area (Å²) in [7, 11) is 0. The number of nitrogens with zero attached hydrogens (tertiary/aromatic N) is 3. The van der Waals surface area contributed by atoms with Crippen LogP contribution in [0.25, 0.3) is 11.6 Å². The van der Waals surface area contributed by atoms with Gasteiger partial charge in [-0.25, -0.2) is 0 Å². The molecule has 0 aliphatic carbocycles. The number of allylic oxidation sites excluding steroid dienone is 1. The molecule has 134 valence electrons. The number of phenolic OH excluding ortho intramolecular Hbond substituents is 2. The van der Waals surface area contributed by atoms with E-state index < -0.39 is 22.1 Å². The summed E-state index contributed by atoms with van der Waals surface area (Å²) in [6.07, 6.45) is 1.40. The molecule has 1 aromatic carbocycles. The SMILES string of the molecule is Cc1c(C)c(C)[n+]([O-])c(Br)c1/C=C(/C#N)c1cc(O)c(O)c([N+](=O)[O-])c1. The summed E-state index contributed by atoms with van der Waals surface area (Å²) in [5.74, 6) is -1.60. The van der Waals surface area contributed by atoms with Crippen LogP contribution in [0.2, 0.25) is 0 Å². The highest BCUT2D eigenvalue weighted by Crippen LogP contribution is 2.38. The van der Waals surface area contributed by atoms with Crippen LogP contribution in [0, 0.1) is 47.4 Å². The van der Waals surface area contributed by atoms with Gasteiger partial charge in [0.05, 0.1) is 22.1 Å². The molecule has 2 aromatic rings. The monoisotopic (exact) mass is 419 g/mol. The molecule has 0 bridgehead atoms. The van der Waals surface area contributed by atoms with E-state index >= 15 is 0 Å². The van der Waals surface area contributed by atoms with Crippen molar-refractivity contribution in [1.29, 1.82) is 5.26 Å². The van der Waals surface area contributed by atoms with Crippen molar-refractivity contribution in [1.82, 2.24) is 0 Å². The average molecular weight is 420 g/mol. The molecule has 0 saturated carbocycles. The molecule has 0 amide bonds. The van der Waals surface area contributed by atoms with Gasteiger partial charge in [-0.15, -0.1) is 0 Å². The van der Waals surface area contributed by atoms with Crippen LogP contribution >= 0.6 is 15.9 Å². The first-order valence-corrected chi connectivity index (χ1v) is 8.10. The third-order valence-corrected chi connectivity index (χ3v) is 4.95. The molecule has 8 nitrogen and oxygen atoms in total. The lowest BCUT2D eigenvalue weighted by molar-refractivity contribution is -0.624. The number of hydrogen-bond donors (Lipinski definition) is 2. The van der Waals surface area contributed by atoms with Gasteiger partial charge in [0.2, 0.25) is 5.75 Å². The first-order chi connectivity index (χ1) is 12.1. The summed E-state index contributed by atoms with van der Waals surface area (Å²) < 4.78 is 0.878. The number of aromatic hydroxyl groups is 2. The second kappa shape index (κ2) is 7.01. The molecule has 0 spiro atoms. The van der Waals surface area contributed by atoms with Crippen molar-refractivity contribution in [3.05, 3.63) is 60.0 Å². The lowest BCUT2D eigenvalue weighted by Crippen LogP contribution is -2.34. The zero-order valence-corrected chi connectivity index (χ0v) is 15.7. The number of nitriles is 1. The zero-order valence-electron chi connectivity index (χ0n) is 14.1. The average Bonchev–Trinajstić information content (AvgIpc) is 2.60. The lowest BCUT2D eigenvalue weighted by Gasteiger charge is -2.12. The fraction of sp³-hybridized carbons (Fsp3) is 0.176. The minimum absolute atomic E-state index is 0.0181. The molecule has 0 aliphatic rings. The molecule has 26 heavy (non-hydrogen) atoms. The maximum atomic E-state index is 12.2. The van der Waals surface area contributed by atoms with E-state index in [0.29, 0.717) is 16.0 Å². The van der Waals surface area contributed by atoms with Crippen LogP contribution in [-0.2, 0) is 0 Å². The minimum atomic E-state index is -0.878. The maximum Gasteiger partial charge on any atom is 0.315 e. The zero-order chi connectivity index (χ0) is 19.8. The number of benzene rings is 1. The highest BCUT2D eigenvalue weighted by molar-refractivity contribution is 9.10. The van der Waals surface area contributed by atoms with E-state index in [1.54, 1.807) is 20.8 Å².